The van der Waals surface area contributed by atoms with Crippen LogP contribution in [0.5, 0.6) is 0 Å². The van der Waals surface area contributed by atoms with E-state index in [1.807, 2.05) is 0 Å². The van der Waals surface area contributed by atoms with Crippen LogP contribution in [0.15, 0.2) is 41.3 Å². The van der Waals surface area contributed by atoms with Gasteiger partial charge < -0.3 is 5.73 Å². The van der Waals surface area contributed by atoms with Crippen LogP contribution in [-0.4, -0.2) is 8.42 Å². The fourth-order valence-electron chi connectivity index (χ4n) is 1.72. The molecule has 0 radical (unpaired) electrons. The number of nitrogens with one attached hydrogen (secondary N) is 1. The van der Waals surface area contributed by atoms with Crippen molar-refractivity contribution < 1.29 is 8.42 Å². The van der Waals surface area contributed by atoms with Gasteiger partial charge in [0, 0.05) is 16.6 Å². The first-order valence-corrected chi connectivity index (χ1v) is 8.40. The molecule has 2 aromatic carbocycles. The van der Waals surface area contributed by atoms with Crippen LogP contribution in [0.3, 0.4) is 0 Å². The van der Waals surface area contributed by atoms with Crippen LogP contribution in [0.1, 0.15) is 5.56 Å². The average Bonchev–Trinajstić information content (AvgIpc) is 2.36. The number of nitrogens with two attached hydrogens (primary N) is 1. The third kappa shape index (κ3) is 4.02. The number of benzene rings is 2. The Labute approximate surface area is 137 Å². The molecule has 112 valence electrons. The Morgan fingerprint density at radius 2 is 1.62 bits per heavy atom. The molecule has 0 amide bonds. The molecule has 0 atom stereocenters. The van der Waals surface area contributed by atoms with Gasteiger partial charge in [-0.25, -0.2) is 13.1 Å². The van der Waals surface area contributed by atoms with Crippen LogP contribution in [-0.2, 0) is 16.6 Å². The number of nitrogen functional groups attached to an aromatic ring is 1. The lowest BCUT2D eigenvalue weighted by atomic mass is 10.2. The summed E-state index contributed by atoms with van der Waals surface area (Å²) in [6.45, 7) is 0.0951. The first-order chi connectivity index (χ1) is 9.79. The molecule has 0 fully saturated rings. The smallest absolute Gasteiger partial charge is 0.244 e. The molecule has 0 saturated carbocycles. The van der Waals surface area contributed by atoms with Crippen LogP contribution in [0, 0.1) is 0 Å². The van der Waals surface area contributed by atoms with Crippen LogP contribution < -0.4 is 10.5 Å². The van der Waals surface area contributed by atoms with Crippen molar-refractivity contribution in [3.63, 3.8) is 0 Å². The maximum absolute atomic E-state index is 12.3. The minimum atomic E-state index is -3.85. The summed E-state index contributed by atoms with van der Waals surface area (Å²) in [5.74, 6) is 0. The third-order valence-electron chi connectivity index (χ3n) is 2.69. The predicted molar refractivity (Wildman–Crippen MR) is 86.4 cm³/mol. The standard InChI is InChI=1S/C13H11Cl3N2O2S/c14-9-3-1-8(2-4-9)7-18-21(19,20)13-11(16)5-10(15)6-12(13)17/h1-6,18H,7,17H2. The monoisotopic (exact) mass is 364 g/mol. The van der Waals surface area contributed by atoms with Gasteiger partial charge in [-0.15, -0.1) is 0 Å². The predicted octanol–water partition coefficient (Wildman–Crippen LogP) is 3.71. The fraction of sp³-hybridized carbons (Fsp3) is 0.0769. The zero-order chi connectivity index (χ0) is 15.6. The number of anilines is 1. The maximum Gasteiger partial charge on any atom is 0.244 e. The van der Waals surface area contributed by atoms with Gasteiger partial charge in [-0.05, 0) is 29.8 Å². The van der Waals surface area contributed by atoms with Crippen molar-refractivity contribution in [2.24, 2.45) is 0 Å². The first-order valence-electron chi connectivity index (χ1n) is 5.78. The Balaban J connectivity index is 2.25. The third-order valence-corrected chi connectivity index (χ3v) is 5.08. The summed E-state index contributed by atoms with van der Waals surface area (Å²) in [6.07, 6.45) is 0. The molecule has 0 aliphatic rings. The molecule has 0 heterocycles. The first kappa shape index (κ1) is 16.4. The SMILES string of the molecule is Nc1cc(Cl)cc(Cl)c1S(=O)(=O)NCc1ccc(Cl)cc1. The zero-order valence-corrected chi connectivity index (χ0v) is 13.7. The van der Waals surface area contributed by atoms with Crippen molar-refractivity contribution >= 4 is 50.5 Å². The topological polar surface area (TPSA) is 72.2 Å². The molecular weight excluding hydrogens is 355 g/mol. The van der Waals surface area contributed by atoms with Crippen LogP contribution in [0.25, 0.3) is 0 Å². The zero-order valence-electron chi connectivity index (χ0n) is 10.6. The second-order valence-corrected chi connectivity index (χ2v) is 7.24. The van der Waals surface area contributed by atoms with E-state index in [4.69, 9.17) is 40.5 Å². The van der Waals surface area contributed by atoms with E-state index >= 15 is 0 Å². The van der Waals surface area contributed by atoms with E-state index in [0.717, 1.165) is 5.56 Å². The molecule has 2 rings (SSSR count). The molecule has 0 aliphatic heterocycles. The van der Waals surface area contributed by atoms with Crippen molar-refractivity contribution in [2.45, 2.75) is 11.4 Å². The summed E-state index contributed by atoms with van der Waals surface area (Å²) in [7, 11) is -3.85. The minimum absolute atomic E-state index is 0.00361. The fourth-order valence-corrected chi connectivity index (χ4v) is 3.84. The van der Waals surface area contributed by atoms with E-state index in [1.165, 1.54) is 12.1 Å². The molecule has 3 N–H and O–H groups in total. The Bertz CT molecular complexity index is 738. The van der Waals surface area contributed by atoms with Crippen molar-refractivity contribution in [3.05, 3.63) is 57.0 Å². The van der Waals surface area contributed by atoms with Crippen molar-refractivity contribution in [1.82, 2.24) is 4.72 Å². The number of halogens is 3. The van der Waals surface area contributed by atoms with Crippen molar-refractivity contribution in [1.29, 1.82) is 0 Å². The number of sulfonamides is 1. The second-order valence-electron chi connectivity index (χ2n) is 4.26. The quantitative estimate of drug-likeness (QED) is 0.811. The van der Waals surface area contributed by atoms with Gasteiger partial charge in [-0.3, -0.25) is 0 Å². The highest BCUT2D eigenvalue weighted by atomic mass is 35.5. The number of rotatable bonds is 4. The summed E-state index contributed by atoms with van der Waals surface area (Å²) in [5.41, 5.74) is 6.44. The Kier molecular flexibility index (Phi) is 5.01. The summed E-state index contributed by atoms with van der Waals surface area (Å²) < 4.78 is 27.0. The van der Waals surface area contributed by atoms with E-state index in [0.29, 0.717) is 5.02 Å². The van der Waals surface area contributed by atoms with Gasteiger partial charge in [0.2, 0.25) is 10.0 Å². The second kappa shape index (κ2) is 6.42. The van der Waals surface area contributed by atoms with Crippen LogP contribution >= 0.6 is 34.8 Å². The molecule has 0 aliphatic carbocycles. The molecule has 21 heavy (non-hydrogen) atoms. The van der Waals surface area contributed by atoms with E-state index in [1.54, 1.807) is 24.3 Å². The minimum Gasteiger partial charge on any atom is -0.398 e. The van der Waals surface area contributed by atoms with Gasteiger partial charge in [-0.2, -0.15) is 0 Å². The van der Waals surface area contributed by atoms with Crippen LogP contribution in [0.4, 0.5) is 5.69 Å². The summed E-state index contributed by atoms with van der Waals surface area (Å²) in [5, 5.41) is 0.823. The largest absolute Gasteiger partial charge is 0.398 e. The van der Waals surface area contributed by atoms with Crippen molar-refractivity contribution in [2.75, 3.05) is 5.73 Å². The molecule has 0 bridgehead atoms. The van der Waals surface area contributed by atoms with Crippen molar-refractivity contribution in [3.8, 4) is 0 Å². The molecule has 4 nitrogen and oxygen atoms in total. The van der Waals surface area contributed by atoms with Gasteiger partial charge >= 0.3 is 0 Å². The highest BCUT2D eigenvalue weighted by molar-refractivity contribution is 7.89. The van der Waals surface area contributed by atoms with Gasteiger partial charge in [0.15, 0.2) is 0 Å². The molecule has 8 heteroatoms. The summed E-state index contributed by atoms with van der Waals surface area (Å²) in [6, 6.07) is 9.46. The van der Waals surface area contributed by atoms with Gasteiger partial charge in [0.05, 0.1) is 10.7 Å². The Morgan fingerprint density at radius 1 is 1.00 bits per heavy atom. The van der Waals surface area contributed by atoms with Gasteiger partial charge in [0.25, 0.3) is 0 Å². The molecule has 0 spiro atoms. The molecule has 0 unspecified atom stereocenters. The van der Waals surface area contributed by atoms with Crippen LogP contribution in [0.2, 0.25) is 15.1 Å². The Morgan fingerprint density at radius 3 is 2.19 bits per heavy atom. The number of hydrogen-bond acceptors (Lipinski definition) is 3. The van der Waals surface area contributed by atoms with Gasteiger partial charge in [-0.1, -0.05) is 46.9 Å². The maximum atomic E-state index is 12.3. The molecule has 0 saturated heterocycles. The van der Waals surface area contributed by atoms with E-state index < -0.39 is 10.0 Å². The average molecular weight is 366 g/mol. The Hall–Kier alpha value is -0.980. The lowest BCUT2D eigenvalue weighted by Gasteiger charge is -2.11. The van der Waals surface area contributed by atoms with E-state index in [-0.39, 0.29) is 27.2 Å². The highest BCUT2D eigenvalue weighted by Gasteiger charge is 2.21. The lowest BCUT2D eigenvalue weighted by molar-refractivity contribution is 0.582. The molecule has 0 aromatic heterocycles. The van der Waals surface area contributed by atoms with Gasteiger partial charge in [0.1, 0.15) is 4.90 Å². The summed E-state index contributed by atoms with van der Waals surface area (Å²) >= 11 is 17.5. The normalized spacial score (nSPS) is 11.6. The summed E-state index contributed by atoms with van der Waals surface area (Å²) in [4.78, 5) is -0.178. The number of hydrogen-bond donors (Lipinski definition) is 2. The lowest BCUT2D eigenvalue weighted by Crippen LogP contribution is -2.24. The highest BCUT2D eigenvalue weighted by Crippen LogP contribution is 2.31. The molecular formula is C13H11Cl3N2O2S. The van der Waals surface area contributed by atoms with E-state index in [2.05, 4.69) is 4.72 Å². The molecule has 2 aromatic rings. The van der Waals surface area contributed by atoms with E-state index in [9.17, 15) is 8.42 Å².